The van der Waals surface area contributed by atoms with Crippen molar-refractivity contribution >= 4 is 19.8 Å². The molecule has 0 bridgehead atoms. The maximum Gasteiger partial charge on any atom is 0.306 e. The number of likely N-dealkylation sites (N-methyl/N-ethyl adjacent to an activating group) is 1. The first-order chi connectivity index (χ1) is 31.0. The van der Waals surface area contributed by atoms with Crippen LogP contribution in [-0.4, -0.2) is 70.0 Å². The van der Waals surface area contributed by atoms with Gasteiger partial charge in [-0.05, 0) is 12.8 Å². The Morgan fingerprint density at radius 3 is 1.00 bits per heavy atom. The monoisotopic (exact) mass is 930 g/mol. The van der Waals surface area contributed by atoms with Crippen molar-refractivity contribution in [2.45, 2.75) is 290 Å². The van der Waals surface area contributed by atoms with E-state index in [-0.39, 0.29) is 32.0 Å². The number of unbranched alkanes of at least 4 members (excludes halogenated alkanes) is 38. The van der Waals surface area contributed by atoms with Gasteiger partial charge in [0.25, 0.3) is 7.82 Å². The summed E-state index contributed by atoms with van der Waals surface area (Å²) in [7, 11) is 1.19. The summed E-state index contributed by atoms with van der Waals surface area (Å²) >= 11 is 0. The summed E-state index contributed by atoms with van der Waals surface area (Å²) in [6.45, 7) is 4.28. The molecule has 0 saturated heterocycles. The number of carbonyl (C=O) groups excluding carboxylic acids is 2. The highest BCUT2D eigenvalue weighted by atomic mass is 31.2. The number of esters is 2. The van der Waals surface area contributed by atoms with E-state index >= 15 is 0 Å². The van der Waals surface area contributed by atoms with Crippen LogP contribution in [0.3, 0.4) is 0 Å². The van der Waals surface area contributed by atoms with Gasteiger partial charge in [-0.25, -0.2) is 0 Å². The minimum atomic E-state index is -4.62. The van der Waals surface area contributed by atoms with Crippen molar-refractivity contribution < 1.29 is 42.1 Å². The Morgan fingerprint density at radius 2 is 0.703 bits per heavy atom. The topological polar surface area (TPSA) is 111 Å². The number of nitrogens with zero attached hydrogens (tertiary/aromatic N) is 1. The minimum Gasteiger partial charge on any atom is -0.756 e. The summed E-state index contributed by atoms with van der Waals surface area (Å²) in [6, 6.07) is 0. The van der Waals surface area contributed by atoms with Crippen LogP contribution >= 0.6 is 7.82 Å². The van der Waals surface area contributed by atoms with Gasteiger partial charge in [0.15, 0.2) is 6.10 Å². The van der Waals surface area contributed by atoms with Crippen LogP contribution < -0.4 is 4.89 Å². The minimum absolute atomic E-state index is 0.0255. The zero-order valence-corrected chi connectivity index (χ0v) is 44.2. The number of ether oxygens (including phenoxy) is 2. The van der Waals surface area contributed by atoms with E-state index in [1.165, 1.54) is 218 Å². The first-order valence-corrected chi connectivity index (χ1v) is 29.2. The number of carbonyl (C=O) groups is 2. The van der Waals surface area contributed by atoms with Crippen molar-refractivity contribution in [3.63, 3.8) is 0 Å². The lowest BCUT2D eigenvalue weighted by Gasteiger charge is -2.28. The fourth-order valence-corrected chi connectivity index (χ4v) is 9.03. The Hall–Kier alpha value is -0.990. The van der Waals surface area contributed by atoms with Crippen LogP contribution in [0.5, 0.6) is 0 Å². The summed E-state index contributed by atoms with van der Waals surface area (Å²) in [5, 5.41) is 0. The lowest BCUT2D eigenvalue weighted by Crippen LogP contribution is -2.37. The van der Waals surface area contributed by atoms with Crippen LogP contribution in [0.1, 0.15) is 284 Å². The van der Waals surface area contributed by atoms with Gasteiger partial charge in [-0.1, -0.05) is 258 Å². The first kappa shape index (κ1) is 63.0. The van der Waals surface area contributed by atoms with E-state index in [4.69, 9.17) is 18.5 Å². The molecular formula is C54H108NO8P. The van der Waals surface area contributed by atoms with E-state index in [1.807, 2.05) is 21.1 Å². The highest BCUT2D eigenvalue weighted by molar-refractivity contribution is 7.45. The Balaban J connectivity index is 3.98. The molecule has 0 aliphatic carbocycles. The van der Waals surface area contributed by atoms with Crippen molar-refractivity contribution in [1.29, 1.82) is 0 Å². The summed E-state index contributed by atoms with van der Waals surface area (Å²) in [6.07, 6.45) is 51.6. The Bertz CT molecular complexity index is 1050. The fraction of sp³-hybridized carbons (Fsp3) is 0.963. The molecule has 9 nitrogen and oxygen atoms in total. The zero-order chi connectivity index (χ0) is 47.1. The van der Waals surface area contributed by atoms with Gasteiger partial charge < -0.3 is 27.9 Å². The van der Waals surface area contributed by atoms with E-state index in [9.17, 15) is 19.0 Å². The normalized spacial score (nSPS) is 13.3. The Kier molecular flexibility index (Phi) is 46.4. The molecular weight excluding hydrogens is 822 g/mol. The largest absolute Gasteiger partial charge is 0.756 e. The van der Waals surface area contributed by atoms with Gasteiger partial charge in [-0.3, -0.25) is 14.2 Å². The smallest absolute Gasteiger partial charge is 0.306 e. The summed E-state index contributed by atoms with van der Waals surface area (Å²) in [5.41, 5.74) is 0. The van der Waals surface area contributed by atoms with Crippen LogP contribution in [0, 0.1) is 0 Å². The van der Waals surface area contributed by atoms with Gasteiger partial charge in [0.1, 0.15) is 19.8 Å². The van der Waals surface area contributed by atoms with E-state index < -0.39 is 26.5 Å². The van der Waals surface area contributed by atoms with E-state index in [1.54, 1.807) is 0 Å². The highest BCUT2D eigenvalue weighted by Gasteiger charge is 2.22. The van der Waals surface area contributed by atoms with Gasteiger partial charge in [-0.15, -0.1) is 0 Å². The van der Waals surface area contributed by atoms with Crippen LogP contribution in [0.15, 0.2) is 0 Å². The third-order valence-electron chi connectivity index (χ3n) is 12.6. The molecule has 2 atom stereocenters. The van der Waals surface area contributed by atoms with Crippen molar-refractivity contribution in [3.8, 4) is 0 Å². The van der Waals surface area contributed by atoms with Gasteiger partial charge >= 0.3 is 11.9 Å². The van der Waals surface area contributed by atoms with Crippen molar-refractivity contribution in [3.05, 3.63) is 0 Å². The molecule has 10 heteroatoms. The molecule has 0 aliphatic heterocycles. The molecule has 0 aliphatic rings. The average molecular weight is 930 g/mol. The fourth-order valence-electron chi connectivity index (χ4n) is 8.31. The summed E-state index contributed by atoms with van der Waals surface area (Å²) in [5.74, 6) is -0.816. The Morgan fingerprint density at radius 1 is 0.422 bits per heavy atom. The number of phosphoric ester groups is 1. The maximum absolute atomic E-state index is 12.7. The van der Waals surface area contributed by atoms with Crippen LogP contribution in [0.2, 0.25) is 0 Å². The van der Waals surface area contributed by atoms with Gasteiger partial charge in [-0.2, -0.15) is 0 Å². The predicted octanol–water partition coefficient (Wildman–Crippen LogP) is 16.1. The molecule has 0 amide bonds. The molecule has 382 valence electrons. The number of rotatable bonds is 52. The van der Waals surface area contributed by atoms with Crippen LogP contribution in [0.4, 0.5) is 0 Å². The SMILES string of the molecule is CCCCCCCCCCCCCCCCCCCCCCCCCCCCCCCC(=O)OC(COC(=O)CCCCCCCCCCCCC)COP(=O)([O-])OCC[N+](C)(C)C. The lowest BCUT2D eigenvalue weighted by molar-refractivity contribution is -0.870. The molecule has 0 radical (unpaired) electrons. The second kappa shape index (κ2) is 47.1. The van der Waals surface area contributed by atoms with Gasteiger partial charge in [0.05, 0.1) is 27.7 Å². The van der Waals surface area contributed by atoms with Crippen LogP contribution in [-0.2, 0) is 32.7 Å². The average Bonchev–Trinajstić information content (AvgIpc) is 3.25. The van der Waals surface area contributed by atoms with Crippen molar-refractivity contribution in [2.24, 2.45) is 0 Å². The molecule has 0 heterocycles. The number of phosphoric acid groups is 1. The molecule has 0 aromatic carbocycles. The molecule has 0 aromatic rings. The van der Waals surface area contributed by atoms with Crippen molar-refractivity contribution in [2.75, 3.05) is 47.5 Å². The van der Waals surface area contributed by atoms with Crippen molar-refractivity contribution in [1.82, 2.24) is 0 Å². The zero-order valence-electron chi connectivity index (χ0n) is 43.3. The molecule has 0 saturated carbocycles. The number of hydrogen-bond donors (Lipinski definition) is 0. The van der Waals surface area contributed by atoms with E-state index in [0.29, 0.717) is 17.4 Å². The second-order valence-corrected chi connectivity index (χ2v) is 21.7. The summed E-state index contributed by atoms with van der Waals surface area (Å²) < 4.78 is 34.0. The predicted molar refractivity (Wildman–Crippen MR) is 269 cm³/mol. The second-order valence-electron chi connectivity index (χ2n) is 20.3. The van der Waals surface area contributed by atoms with E-state index in [2.05, 4.69) is 13.8 Å². The first-order valence-electron chi connectivity index (χ1n) is 27.7. The molecule has 0 rings (SSSR count). The standard InChI is InChI=1S/C54H108NO8P/c1-6-8-10-12-14-16-18-19-20-21-22-23-24-25-26-27-28-29-30-31-32-33-34-35-37-39-41-43-45-47-54(57)63-52(51-62-64(58,59)61-49-48-55(3,4)5)50-60-53(56)46-44-42-40-38-36-17-15-13-11-9-7-2/h52H,6-51H2,1-5H3. The number of quaternary nitrogens is 1. The Labute approximate surface area is 397 Å². The highest BCUT2D eigenvalue weighted by Crippen LogP contribution is 2.38. The van der Waals surface area contributed by atoms with E-state index in [0.717, 1.165) is 32.1 Å². The molecule has 0 spiro atoms. The molecule has 0 fully saturated rings. The molecule has 0 N–H and O–H groups in total. The third-order valence-corrected chi connectivity index (χ3v) is 13.6. The molecule has 2 unspecified atom stereocenters. The number of hydrogen-bond acceptors (Lipinski definition) is 8. The molecule has 64 heavy (non-hydrogen) atoms. The summed E-state index contributed by atoms with van der Waals surface area (Å²) in [4.78, 5) is 37.6. The quantitative estimate of drug-likeness (QED) is 0.0257. The molecule has 0 aromatic heterocycles. The van der Waals surface area contributed by atoms with Gasteiger partial charge in [0.2, 0.25) is 0 Å². The van der Waals surface area contributed by atoms with Gasteiger partial charge in [0, 0.05) is 12.8 Å². The lowest BCUT2D eigenvalue weighted by atomic mass is 10.0. The third kappa shape index (κ3) is 50.4. The van der Waals surface area contributed by atoms with Crippen LogP contribution in [0.25, 0.3) is 0 Å². The maximum atomic E-state index is 12.7.